The molecule has 0 radical (unpaired) electrons. The molecule has 1 fully saturated rings. The van der Waals surface area contributed by atoms with E-state index in [-0.39, 0.29) is 12.2 Å². The van der Waals surface area contributed by atoms with E-state index in [9.17, 15) is 0 Å². The average molecular weight is 271 g/mol. The molecule has 18 heavy (non-hydrogen) atoms. The molecule has 1 unspecified atom stereocenters. The van der Waals surface area contributed by atoms with Crippen LogP contribution >= 0.6 is 11.5 Å². The van der Waals surface area contributed by atoms with E-state index in [4.69, 9.17) is 15.2 Å². The van der Waals surface area contributed by atoms with E-state index in [1.165, 1.54) is 11.5 Å². The van der Waals surface area contributed by atoms with Crippen molar-refractivity contribution in [2.75, 3.05) is 30.8 Å². The van der Waals surface area contributed by atoms with Gasteiger partial charge in [0, 0.05) is 20.2 Å². The summed E-state index contributed by atoms with van der Waals surface area (Å²) in [6, 6.07) is 0. The van der Waals surface area contributed by atoms with E-state index in [0.29, 0.717) is 5.82 Å². The van der Waals surface area contributed by atoms with Crippen LogP contribution in [0.3, 0.4) is 0 Å². The number of nitrogen functional groups attached to an aromatic ring is 1. The minimum atomic E-state index is 0.102. The van der Waals surface area contributed by atoms with Crippen molar-refractivity contribution < 1.29 is 9.47 Å². The van der Waals surface area contributed by atoms with Gasteiger partial charge in [0.05, 0.1) is 12.2 Å². The largest absolute Gasteiger partial charge is 0.484 e. The smallest absolute Gasteiger partial charge is 0.198 e. The zero-order chi connectivity index (χ0) is 13.1. The third kappa shape index (κ3) is 2.87. The molecule has 2 N–H and O–H groups in total. The lowest BCUT2D eigenvalue weighted by Crippen LogP contribution is -2.39. The standard InChI is InChI=1S/C12H21N3O2S/c1-8(2)17-10-11(13)14-18-12(10)15-6-4-5-9(7-15)16-3/h8-9H,4-7H2,1-3H3,(H2,13,14). The van der Waals surface area contributed by atoms with Crippen molar-refractivity contribution in [3.05, 3.63) is 0 Å². The monoisotopic (exact) mass is 271 g/mol. The number of nitrogens with zero attached hydrogens (tertiary/aromatic N) is 2. The second-order valence-corrected chi connectivity index (χ2v) is 5.57. The number of methoxy groups -OCH3 is 1. The molecule has 1 aliphatic heterocycles. The molecular weight excluding hydrogens is 250 g/mol. The van der Waals surface area contributed by atoms with Gasteiger partial charge in [-0.1, -0.05) is 0 Å². The lowest BCUT2D eigenvalue weighted by Gasteiger charge is -2.32. The highest BCUT2D eigenvalue weighted by Crippen LogP contribution is 2.40. The van der Waals surface area contributed by atoms with Crippen LogP contribution in [0.5, 0.6) is 5.75 Å². The molecule has 102 valence electrons. The Bertz CT molecular complexity index is 395. The van der Waals surface area contributed by atoms with Crippen LogP contribution in [0.1, 0.15) is 26.7 Å². The summed E-state index contributed by atoms with van der Waals surface area (Å²) in [6.45, 7) is 5.88. The topological polar surface area (TPSA) is 60.6 Å². The highest BCUT2D eigenvalue weighted by atomic mass is 32.1. The van der Waals surface area contributed by atoms with Gasteiger partial charge in [-0.15, -0.1) is 0 Å². The molecule has 1 saturated heterocycles. The van der Waals surface area contributed by atoms with Gasteiger partial charge < -0.3 is 20.1 Å². The van der Waals surface area contributed by atoms with Crippen molar-refractivity contribution in [1.82, 2.24) is 4.37 Å². The van der Waals surface area contributed by atoms with E-state index >= 15 is 0 Å². The number of nitrogens with two attached hydrogens (primary N) is 1. The molecule has 0 aliphatic carbocycles. The summed E-state index contributed by atoms with van der Waals surface area (Å²) in [5.74, 6) is 1.22. The lowest BCUT2D eigenvalue weighted by molar-refractivity contribution is 0.0893. The van der Waals surface area contributed by atoms with Crippen molar-refractivity contribution in [2.45, 2.75) is 38.9 Å². The molecule has 0 amide bonds. The maximum Gasteiger partial charge on any atom is 0.198 e. The third-order valence-corrected chi connectivity index (χ3v) is 3.91. The van der Waals surface area contributed by atoms with Crippen LogP contribution in [0.2, 0.25) is 0 Å². The molecular formula is C12H21N3O2S. The first kappa shape index (κ1) is 13.4. The Morgan fingerprint density at radius 3 is 2.94 bits per heavy atom. The van der Waals surface area contributed by atoms with Crippen molar-refractivity contribution in [1.29, 1.82) is 0 Å². The zero-order valence-electron chi connectivity index (χ0n) is 11.2. The van der Waals surface area contributed by atoms with Crippen LogP contribution in [-0.2, 0) is 4.74 Å². The van der Waals surface area contributed by atoms with Gasteiger partial charge in [0.15, 0.2) is 16.6 Å². The number of hydrogen-bond acceptors (Lipinski definition) is 6. The number of aromatic nitrogens is 1. The van der Waals surface area contributed by atoms with E-state index in [1.54, 1.807) is 7.11 Å². The SMILES string of the molecule is COC1CCCN(c2snc(N)c2OC(C)C)C1. The Balaban J connectivity index is 2.16. The highest BCUT2D eigenvalue weighted by molar-refractivity contribution is 7.11. The fourth-order valence-electron chi connectivity index (χ4n) is 2.15. The number of anilines is 2. The van der Waals surface area contributed by atoms with E-state index in [0.717, 1.165) is 36.7 Å². The fourth-order valence-corrected chi connectivity index (χ4v) is 2.93. The summed E-state index contributed by atoms with van der Waals surface area (Å²) >= 11 is 1.41. The molecule has 1 aromatic heterocycles. The molecule has 1 atom stereocenters. The van der Waals surface area contributed by atoms with Gasteiger partial charge in [0.2, 0.25) is 0 Å². The van der Waals surface area contributed by atoms with Gasteiger partial charge in [-0.25, -0.2) is 0 Å². The van der Waals surface area contributed by atoms with Gasteiger partial charge in [-0.3, -0.25) is 0 Å². The van der Waals surface area contributed by atoms with Crippen LogP contribution < -0.4 is 15.4 Å². The molecule has 2 heterocycles. The van der Waals surface area contributed by atoms with Gasteiger partial charge >= 0.3 is 0 Å². The van der Waals surface area contributed by atoms with Gasteiger partial charge in [-0.2, -0.15) is 4.37 Å². The summed E-state index contributed by atoms with van der Waals surface area (Å²) in [6.07, 6.45) is 2.62. The molecule has 1 aliphatic rings. The van der Waals surface area contributed by atoms with Crippen LogP contribution in [0.4, 0.5) is 10.8 Å². The second kappa shape index (κ2) is 5.75. The number of ether oxygens (including phenoxy) is 2. The van der Waals surface area contributed by atoms with Crippen LogP contribution in [0, 0.1) is 0 Å². The predicted molar refractivity (Wildman–Crippen MR) is 74.5 cm³/mol. The van der Waals surface area contributed by atoms with Gasteiger partial charge in [0.1, 0.15) is 0 Å². The maximum absolute atomic E-state index is 5.88. The fraction of sp³-hybridized carbons (Fsp3) is 0.750. The Labute approximate surface area is 112 Å². The molecule has 0 spiro atoms. The van der Waals surface area contributed by atoms with E-state index in [1.807, 2.05) is 13.8 Å². The van der Waals surface area contributed by atoms with Gasteiger partial charge in [-0.05, 0) is 38.2 Å². The first-order chi connectivity index (χ1) is 8.61. The Kier molecular flexibility index (Phi) is 4.29. The predicted octanol–water partition coefficient (Wildman–Crippen LogP) is 2.13. The van der Waals surface area contributed by atoms with Crippen molar-refractivity contribution in [3.8, 4) is 5.75 Å². The van der Waals surface area contributed by atoms with E-state index in [2.05, 4.69) is 9.27 Å². The molecule has 0 bridgehead atoms. The summed E-state index contributed by atoms with van der Waals surface area (Å²) in [5, 5.41) is 1.03. The van der Waals surface area contributed by atoms with Crippen molar-refractivity contribution in [2.24, 2.45) is 0 Å². The molecule has 1 aromatic rings. The highest BCUT2D eigenvalue weighted by Gasteiger charge is 2.25. The van der Waals surface area contributed by atoms with Crippen LogP contribution in [0.15, 0.2) is 0 Å². The molecule has 6 heteroatoms. The summed E-state index contributed by atoms with van der Waals surface area (Å²) in [5.41, 5.74) is 5.88. The minimum absolute atomic E-state index is 0.102. The van der Waals surface area contributed by atoms with Crippen LogP contribution in [0.25, 0.3) is 0 Å². The number of rotatable bonds is 4. The molecule has 0 saturated carbocycles. The quantitative estimate of drug-likeness (QED) is 0.909. The van der Waals surface area contributed by atoms with Crippen LogP contribution in [-0.4, -0.2) is 36.8 Å². The third-order valence-electron chi connectivity index (χ3n) is 3.01. The Morgan fingerprint density at radius 1 is 1.50 bits per heavy atom. The Hall–Kier alpha value is -1.01. The summed E-state index contributed by atoms with van der Waals surface area (Å²) in [7, 11) is 1.76. The van der Waals surface area contributed by atoms with E-state index < -0.39 is 0 Å². The summed E-state index contributed by atoms with van der Waals surface area (Å²) < 4.78 is 15.4. The maximum atomic E-state index is 5.88. The zero-order valence-corrected chi connectivity index (χ0v) is 12.0. The first-order valence-corrected chi connectivity index (χ1v) is 7.08. The van der Waals surface area contributed by atoms with Crippen molar-refractivity contribution in [3.63, 3.8) is 0 Å². The van der Waals surface area contributed by atoms with Gasteiger partial charge in [0.25, 0.3) is 0 Å². The second-order valence-electron chi connectivity index (χ2n) is 4.81. The molecule has 0 aromatic carbocycles. The normalized spacial score (nSPS) is 20.4. The number of piperidine rings is 1. The number of hydrogen-bond donors (Lipinski definition) is 1. The Morgan fingerprint density at radius 2 is 2.28 bits per heavy atom. The molecule has 2 rings (SSSR count). The first-order valence-electron chi connectivity index (χ1n) is 6.31. The average Bonchev–Trinajstić information content (AvgIpc) is 2.71. The minimum Gasteiger partial charge on any atom is -0.484 e. The lowest BCUT2D eigenvalue weighted by atomic mass is 10.1. The van der Waals surface area contributed by atoms with Crippen molar-refractivity contribution >= 4 is 22.4 Å². The molecule has 5 nitrogen and oxygen atoms in total. The summed E-state index contributed by atoms with van der Waals surface area (Å²) in [4.78, 5) is 2.27.